The predicted octanol–water partition coefficient (Wildman–Crippen LogP) is 2.11. The normalized spacial score (nSPS) is 23.6. The van der Waals surface area contributed by atoms with Gasteiger partial charge in [-0.1, -0.05) is 12.1 Å². The Kier molecular flexibility index (Phi) is 3.60. The highest BCUT2D eigenvalue weighted by Gasteiger charge is 2.47. The molecule has 0 amide bonds. The van der Waals surface area contributed by atoms with Crippen LogP contribution >= 0.6 is 0 Å². The topological polar surface area (TPSA) is 65.1 Å². The summed E-state index contributed by atoms with van der Waals surface area (Å²) >= 11 is 0. The van der Waals surface area contributed by atoms with Crippen LogP contribution in [-0.2, 0) is 16.4 Å². The molecule has 6 nitrogen and oxygen atoms in total. The first-order valence-corrected chi connectivity index (χ1v) is 9.95. The van der Waals surface area contributed by atoms with Gasteiger partial charge in [-0.05, 0) is 23.8 Å². The second-order valence-electron chi connectivity index (χ2n) is 6.66. The zero-order valence-corrected chi connectivity index (χ0v) is 14.8. The minimum absolute atomic E-state index is 0.0218. The second kappa shape index (κ2) is 5.80. The highest BCUT2D eigenvalue weighted by atomic mass is 32.2. The molecule has 0 radical (unpaired) electrons. The maximum atomic E-state index is 13.9. The highest BCUT2D eigenvalue weighted by molar-refractivity contribution is 7.89. The van der Waals surface area contributed by atoms with E-state index in [4.69, 9.17) is 14.2 Å². The molecular weight excluding hydrogens is 380 g/mol. The Bertz CT molecular complexity index is 1000. The van der Waals surface area contributed by atoms with Gasteiger partial charge in [-0.25, -0.2) is 17.2 Å². The largest absolute Gasteiger partial charge is 0.492 e. The third-order valence-corrected chi connectivity index (χ3v) is 6.89. The van der Waals surface area contributed by atoms with E-state index < -0.39 is 33.9 Å². The Hall–Kier alpha value is -2.39. The van der Waals surface area contributed by atoms with Crippen LogP contribution in [-0.4, -0.2) is 44.6 Å². The predicted molar refractivity (Wildman–Crippen MR) is 89.6 cm³/mol. The lowest BCUT2D eigenvalue weighted by molar-refractivity contribution is 0.0467. The smallest absolute Gasteiger partial charge is 0.247 e. The molecule has 2 atom stereocenters. The van der Waals surface area contributed by atoms with Gasteiger partial charge in [0.05, 0.1) is 19.7 Å². The summed E-state index contributed by atoms with van der Waals surface area (Å²) in [6, 6.07) is 6.91. The molecule has 1 fully saturated rings. The fraction of sp³-hybridized carbons (Fsp3) is 0.333. The van der Waals surface area contributed by atoms with Crippen molar-refractivity contribution >= 4 is 10.0 Å². The van der Waals surface area contributed by atoms with Crippen LogP contribution in [0.5, 0.6) is 17.2 Å². The zero-order valence-electron chi connectivity index (χ0n) is 14.0. The monoisotopic (exact) mass is 395 g/mol. The molecule has 2 aromatic carbocycles. The van der Waals surface area contributed by atoms with Crippen molar-refractivity contribution in [3.63, 3.8) is 0 Å². The Labute approximate surface area is 154 Å². The molecule has 2 aromatic rings. The van der Waals surface area contributed by atoms with Gasteiger partial charge in [-0.2, -0.15) is 4.31 Å². The van der Waals surface area contributed by atoms with Gasteiger partial charge in [0.25, 0.3) is 0 Å². The summed E-state index contributed by atoms with van der Waals surface area (Å²) in [7, 11) is -3.87. The molecule has 9 heteroatoms. The van der Waals surface area contributed by atoms with E-state index >= 15 is 0 Å². The zero-order chi connectivity index (χ0) is 18.8. The molecule has 142 valence electrons. The van der Waals surface area contributed by atoms with Crippen molar-refractivity contribution < 1.29 is 31.4 Å². The van der Waals surface area contributed by atoms with E-state index in [9.17, 15) is 17.2 Å². The summed E-state index contributed by atoms with van der Waals surface area (Å²) < 4.78 is 71.9. The number of benzene rings is 2. The molecule has 0 N–H and O–H groups in total. The maximum absolute atomic E-state index is 13.9. The molecule has 0 bridgehead atoms. The van der Waals surface area contributed by atoms with Crippen LogP contribution in [0.4, 0.5) is 8.78 Å². The summed E-state index contributed by atoms with van der Waals surface area (Å²) in [5.74, 6) is -1.77. The SMILES string of the molecule is O=S(=O)(c1cccc2c1OCC2)N1C[C@@H]2Oc3c(F)ccc(F)c3O[C@@H]2C1. The number of hydrogen-bond donors (Lipinski definition) is 0. The van der Waals surface area contributed by atoms with Gasteiger partial charge < -0.3 is 14.2 Å². The van der Waals surface area contributed by atoms with E-state index in [0.717, 1.165) is 17.7 Å². The van der Waals surface area contributed by atoms with Crippen LogP contribution in [0, 0.1) is 11.6 Å². The molecule has 3 aliphatic heterocycles. The first-order valence-electron chi connectivity index (χ1n) is 8.51. The number of sulfonamides is 1. The summed E-state index contributed by atoms with van der Waals surface area (Å²) in [4.78, 5) is 0.0889. The van der Waals surface area contributed by atoms with Crippen molar-refractivity contribution in [3.8, 4) is 17.2 Å². The van der Waals surface area contributed by atoms with E-state index in [1.165, 1.54) is 10.4 Å². The van der Waals surface area contributed by atoms with Crippen molar-refractivity contribution in [1.82, 2.24) is 4.31 Å². The fourth-order valence-electron chi connectivity index (χ4n) is 3.70. The van der Waals surface area contributed by atoms with Crippen LogP contribution in [0.1, 0.15) is 5.56 Å². The molecule has 3 aliphatic rings. The van der Waals surface area contributed by atoms with E-state index in [2.05, 4.69) is 0 Å². The number of halogens is 2. The first kappa shape index (κ1) is 16.8. The Morgan fingerprint density at radius 2 is 1.56 bits per heavy atom. The number of ether oxygens (including phenoxy) is 3. The van der Waals surface area contributed by atoms with Gasteiger partial charge in [-0.3, -0.25) is 0 Å². The lowest BCUT2D eigenvalue weighted by Crippen LogP contribution is -2.39. The quantitative estimate of drug-likeness (QED) is 0.779. The van der Waals surface area contributed by atoms with Crippen molar-refractivity contribution in [2.45, 2.75) is 23.5 Å². The standard InChI is InChI=1S/C18H15F2NO5S/c19-11-4-5-12(20)18-17(11)25-13-8-21(9-14(13)26-18)27(22,23)15-3-1-2-10-6-7-24-16(10)15/h1-5,13-14H,6-9H2/t13-,14+. The van der Waals surface area contributed by atoms with Gasteiger partial charge >= 0.3 is 0 Å². The number of rotatable bonds is 2. The molecule has 27 heavy (non-hydrogen) atoms. The number of nitrogens with zero attached hydrogens (tertiary/aromatic N) is 1. The van der Waals surface area contributed by atoms with Crippen LogP contribution < -0.4 is 14.2 Å². The number of fused-ring (bicyclic) bond motifs is 3. The molecule has 0 unspecified atom stereocenters. The highest BCUT2D eigenvalue weighted by Crippen LogP contribution is 2.42. The van der Waals surface area contributed by atoms with Crippen molar-refractivity contribution in [3.05, 3.63) is 47.5 Å². The average Bonchev–Trinajstić information content (AvgIpc) is 3.29. The summed E-state index contributed by atoms with van der Waals surface area (Å²) in [6.07, 6.45) is -0.785. The molecule has 0 aromatic heterocycles. The molecule has 0 aliphatic carbocycles. The Balaban J connectivity index is 1.46. The van der Waals surface area contributed by atoms with E-state index in [-0.39, 0.29) is 29.5 Å². The van der Waals surface area contributed by atoms with E-state index in [0.29, 0.717) is 18.8 Å². The lowest BCUT2D eigenvalue weighted by Gasteiger charge is -2.28. The molecule has 0 spiro atoms. The van der Waals surface area contributed by atoms with Gasteiger partial charge in [-0.15, -0.1) is 0 Å². The first-order chi connectivity index (χ1) is 12.9. The molecule has 1 saturated heterocycles. The van der Waals surface area contributed by atoms with E-state index in [1.807, 2.05) is 6.07 Å². The second-order valence-corrected chi connectivity index (χ2v) is 8.57. The van der Waals surface area contributed by atoms with Crippen molar-refractivity contribution in [2.24, 2.45) is 0 Å². The van der Waals surface area contributed by atoms with Gasteiger partial charge in [0.15, 0.2) is 23.8 Å². The molecule has 3 heterocycles. The summed E-state index contributed by atoms with van der Waals surface area (Å²) in [5.41, 5.74) is 0.844. The minimum atomic E-state index is -3.87. The molecule has 5 rings (SSSR count). The third-order valence-electron chi connectivity index (χ3n) is 5.03. The lowest BCUT2D eigenvalue weighted by atomic mass is 10.2. The minimum Gasteiger partial charge on any atom is -0.492 e. The van der Waals surface area contributed by atoms with Crippen LogP contribution in [0.2, 0.25) is 0 Å². The van der Waals surface area contributed by atoms with Crippen LogP contribution in [0.25, 0.3) is 0 Å². The maximum Gasteiger partial charge on any atom is 0.247 e. The molecule has 0 saturated carbocycles. The Morgan fingerprint density at radius 1 is 0.926 bits per heavy atom. The van der Waals surface area contributed by atoms with Crippen LogP contribution in [0.15, 0.2) is 35.2 Å². The summed E-state index contributed by atoms with van der Waals surface area (Å²) in [5, 5.41) is 0. The molecular formula is C18H15F2NO5S. The number of para-hydroxylation sites is 1. The van der Waals surface area contributed by atoms with Crippen LogP contribution in [0.3, 0.4) is 0 Å². The third kappa shape index (κ3) is 2.49. The number of hydrogen-bond acceptors (Lipinski definition) is 5. The summed E-state index contributed by atoms with van der Waals surface area (Å²) in [6.45, 7) is 0.394. The van der Waals surface area contributed by atoms with E-state index in [1.54, 1.807) is 6.07 Å². The van der Waals surface area contributed by atoms with Crippen molar-refractivity contribution in [1.29, 1.82) is 0 Å². The Morgan fingerprint density at radius 3 is 2.19 bits per heavy atom. The van der Waals surface area contributed by atoms with Gasteiger partial charge in [0, 0.05) is 6.42 Å². The van der Waals surface area contributed by atoms with Gasteiger partial charge in [0.1, 0.15) is 10.6 Å². The fourth-order valence-corrected chi connectivity index (χ4v) is 5.34. The van der Waals surface area contributed by atoms with Crippen molar-refractivity contribution in [2.75, 3.05) is 19.7 Å². The average molecular weight is 395 g/mol. The van der Waals surface area contributed by atoms with Gasteiger partial charge in [0.2, 0.25) is 21.5 Å².